The number of hydrogen-bond acceptors (Lipinski definition) is 4. The summed E-state index contributed by atoms with van der Waals surface area (Å²) in [6, 6.07) is 10.2. The molecule has 88 valence electrons. The van der Waals surface area contributed by atoms with Gasteiger partial charge in [0, 0.05) is 18.4 Å². The quantitative estimate of drug-likeness (QED) is 0.825. The number of hydrogen-bond donors (Lipinski definition) is 2. The lowest BCUT2D eigenvalue weighted by molar-refractivity contribution is 0.0491. The van der Waals surface area contributed by atoms with Crippen LogP contribution in [0.4, 0.5) is 0 Å². The van der Waals surface area contributed by atoms with Crippen LogP contribution < -0.4 is 5.73 Å². The number of aromatic nitrogens is 2. The predicted octanol–water partition coefficient (Wildman–Crippen LogP) is 1.06. The minimum Gasteiger partial charge on any atom is -0.375 e. The van der Waals surface area contributed by atoms with Crippen LogP contribution >= 0.6 is 0 Å². The van der Waals surface area contributed by atoms with Crippen LogP contribution in [0, 0.1) is 0 Å². The Morgan fingerprint density at radius 3 is 1.82 bits per heavy atom. The van der Waals surface area contributed by atoms with Crippen LogP contribution in [-0.2, 0) is 5.60 Å². The summed E-state index contributed by atoms with van der Waals surface area (Å²) in [5.41, 5.74) is 5.56. The Balaban J connectivity index is 2.55. The molecule has 2 rings (SSSR count). The van der Waals surface area contributed by atoms with Crippen LogP contribution in [0.15, 0.2) is 48.8 Å². The van der Waals surface area contributed by atoms with E-state index in [2.05, 4.69) is 9.97 Å². The maximum absolute atomic E-state index is 10.8. The fourth-order valence-electron chi connectivity index (χ4n) is 1.77. The monoisotopic (exact) mass is 229 g/mol. The largest absolute Gasteiger partial charge is 0.375 e. The molecule has 3 N–H and O–H groups in total. The van der Waals surface area contributed by atoms with Crippen molar-refractivity contribution in [2.24, 2.45) is 5.73 Å². The van der Waals surface area contributed by atoms with Gasteiger partial charge in [0.15, 0.2) is 5.60 Å². The molecular formula is C13H15N3O. The summed E-state index contributed by atoms with van der Waals surface area (Å²) in [6.07, 6.45) is 3.26. The second-order valence-electron chi connectivity index (χ2n) is 3.99. The smallest absolute Gasteiger partial charge is 0.163 e. The summed E-state index contributed by atoms with van der Waals surface area (Å²) in [5.74, 6) is 0. The Hall–Kier alpha value is -1.78. The Morgan fingerprint density at radius 1 is 1.06 bits per heavy atom. The minimum atomic E-state index is -1.36. The van der Waals surface area contributed by atoms with Gasteiger partial charge in [-0.25, -0.2) is 0 Å². The second-order valence-corrected chi connectivity index (χ2v) is 3.99. The first-order valence-electron chi connectivity index (χ1n) is 5.46. The Bertz CT molecular complexity index is 431. The molecule has 0 amide bonds. The van der Waals surface area contributed by atoms with Gasteiger partial charge >= 0.3 is 0 Å². The lowest BCUT2D eigenvalue weighted by Crippen LogP contribution is -2.45. The zero-order valence-electron chi connectivity index (χ0n) is 9.62. The summed E-state index contributed by atoms with van der Waals surface area (Å²) in [7, 11) is 0. The van der Waals surface area contributed by atoms with Gasteiger partial charge in [-0.2, -0.15) is 0 Å². The molecule has 0 saturated heterocycles. The number of pyridine rings is 2. The van der Waals surface area contributed by atoms with Crippen LogP contribution in [0.1, 0.15) is 18.3 Å². The maximum Gasteiger partial charge on any atom is 0.163 e. The third kappa shape index (κ3) is 2.05. The molecule has 0 radical (unpaired) electrons. The molecule has 1 atom stereocenters. The van der Waals surface area contributed by atoms with Crippen LogP contribution in [-0.4, -0.2) is 21.1 Å². The Morgan fingerprint density at radius 2 is 1.53 bits per heavy atom. The van der Waals surface area contributed by atoms with Gasteiger partial charge in [0.25, 0.3) is 0 Å². The van der Waals surface area contributed by atoms with E-state index in [1.165, 1.54) is 0 Å². The average molecular weight is 229 g/mol. The molecule has 0 bridgehead atoms. The van der Waals surface area contributed by atoms with Crippen LogP contribution in [0.2, 0.25) is 0 Å². The molecule has 0 aliphatic heterocycles. The summed E-state index contributed by atoms with van der Waals surface area (Å²) in [6.45, 7) is 1.74. The highest BCUT2D eigenvalue weighted by atomic mass is 16.3. The second kappa shape index (κ2) is 4.61. The lowest BCUT2D eigenvalue weighted by atomic mass is 9.87. The van der Waals surface area contributed by atoms with Crippen LogP contribution in [0.5, 0.6) is 0 Å². The zero-order valence-corrected chi connectivity index (χ0v) is 9.62. The van der Waals surface area contributed by atoms with E-state index < -0.39 is 11.6 Å². The molecule has 2 aromatic heterocycles. The lowest BCUT2D eigenvalue weighted by Gasteiger charge is -2.30. The van der Waals surface area contributed by atoms with Gasteiger partial charge < -0.3 is 10.8 Å². The summed E-state index contributed by atoms with van der Waals surface area (Å²) >= 11 is 0. The van der Waals surface area contributed by atoms with Crippen molar-refractivity contribution in [3.63, 3.8) is 0 Å². The van der Waals surface area contributed by atoms with Gasteiger partial charge in [0.1, 0.15) is 0 Å². The predicted molar refractivity (Wildman–Crippen MR) is 65.1 cm³/mol. The molecule has 0 spiro atoms. The van der Waals surface area contributed by atoms with Gasteiger partial charge in [-0.05, 0) is 31.2 Å². The topological polar surface area (TPSA) is 72.0 Å². The normalized spacial score (nSPS) is 13.4. The highest BCUT2D eigenvalue weighted by Gasteiger charge is 2.38. The summed E-state index contributed by atoms with van der Waals surface area (Å²) < 4.78 is 0. The molecule has 4 heteroatoms. The minimum absolute atomic E-state index is 0.507. The van der Waals surface area contributed by atoms with Crippen molar-refractivity contribution in [2.45, 2.75) is 18.6 Å². The van der Waals surface area contributed by atoms with Crippen molar-refractivity contribution < 1.29 is 5.11 Å². The number of rotatable bonds is 3. The van der Waals surface area contributed by atoms with Crippen molar-refractivity contribution in [2.75, 3.05) is 0 Å². The molecule has 0 saturated carbocycles. The van der Waals surface area contributed by atoms with Crippen molar-refractivity contribution in [3.8, 4) is 0 Å². The van der Waals surface area contributed by atoms with E-state index in [9.17, 15) is 5.11 Å². The van der Waals surface area contributed by atoms with Gasteiger partial charge in [0.05, 0.1) is 11.4 Å². The summed E-state index contributed by atoms with van der Waals surface area (Å²) in [5, 5.41) is 10.8. The van der Waals surface area contributed by atoms with Crippen molar-refractivity contribution in [1.82, 2.24) is 9.97 Å². The molecule has 0 aromatic carbocycles. The molecule has 0 aliphatic rings. The fourth-order valence-corrected chi connectivity index (χ4v) is 1.77. The fraction of sp³-hybridized carbons (Fsp3) is 0.231. The molecule has 2 heterocycles. The molecular weight excluding hydrogens is 214 g/mol. The SMILES string of the molecule is CC(N)C(O)(c1ccccn1)c1ccccn1. The molecule has 4 nitrogen and oxygen atoms in total. The van der Waals surface area contributed by atoms with Gasteiger partial charge in [-0.1, -0.05) is 12.1 Å². The summed E-state index contributed by atoms with van der Waals surface area (Å²) in [4.78, 5) is 8.36. The standard InChI is InChI=1S/C13H15N3O/c1-10(14)13(17,11-6-2-4-8-15-11)12-7-3-5-9-16-12/h2-10,17H,14H2,1H3. The molecule has 0 fully saturated rings. The number of nitrogens with zero attached hydrogens (tertiary/aromatic N) is 2. The molecule has 1 unspecified atom stereocenters. The number of nitrogens with two attached hydrogens (primary N) is 1. The molecule has 2 aromatic rings. The Kier molecular flexibility index (Phi) is 3.17. The average Bonchev–Trinajstić information content (AvgIpc) is 2.39. The van der Waals surface area contributed by atoms with E-state index in [0.29, 0.717) is 11.4 Å². The highest BCUT2D eigenvalue weighted by molar-refractivity contribution is 5.29. The van der Waals surface area contributed by atoms with E-state index >= 15 is 0 Å². The van der Waals surface area contributed by atoms with Crippen molar-refractivity contribution in [1.29, 1.82) is 0 Å². The van der Waals surface area contributed by atoms with E-state index in [1.807, 2.05) is 12.1 Å². The first kappa shape index (κ1) is 11.7. The van der Waals surface area contributed by atoms with Gasteiger partial charge in [0.2, 0.25) is 0 Å². The Labute approximate surface area is 100 Å². The van der Waals surface area contributed by atoms with Crippen molar-refractivity contribution >= 4 is 0 Å². The van der Waals surface area contributed by atoms with E-state index in [4.69, 9.17) is 5.73 Å². The number of aliphatic hydroxyl groups is 1. The zero-order chi connectivity index (χ0) is 12.3. The van der Waals surface area contributed by atoms with E-state index in [0.717, 1.165) is 0 Å². The first-order valence-corrected chi connectivity index (χ1v) is 5.46. The highest BCUT2D eigenvalue weighted by Crippen LogP contribution is 2.28. The third-order valence-electron chi connectivity index (χ3n) is 2.77. The van der Waals surface area contributed by atoms with Crippen LogP contribution in [0.3, 0.4) is 0 Å². The van der Waals surface area contributed by atoms with Gasteiger partial charge in [-0.15, -0.1) is 0 Å². The van der Waals surface area contributed by atoms with E-state index in [1.54, 1.807) is 43.6 Å². The van der Waals surface area contributed by atoms with Crippen molar-refractivity contribution in [3.05, 3.63) is 60.2 Å². The van der Waals surface area contributed by atoms with E-state index in [-0.39, 0.29) is 0 Å². The third-order valence-corrected chi connectivity index (χ3v) is 2.77. The molecule has 17 heavy (non-hydrogen) atoms. The maximum atomic E-state index is 10.8. The first-order chi connectivity index (χ1) is 8.15. The van der Waals surface area contributed by atoms with Gasteiger partial charge in [-0.3, -0.25) is 9.97 Å². The molecule has 0 aliphatic carbocycles. The van der Waals surface area contributed by atoms with Crippen LogP contribution in [0.25, 0.3) is 0 Å².